The Morgan fingerprint density at radius 2 is 1.81 bits per heavy atom. The second kappa shape index (κ2) is 7.12. The maximum Gasteiger partial charge on any atom is 0.0485 e. The van der Waals surface area contributed by atoms with Crippen LogP contribution in [0.4, 0.5) is 0 Å². The van der Waals surface area contributed by atoms with E-state index < -0.39 is 0 Å². The van der Waals surface area contributed by atoms with E-state index in [1.54, 1.807) is 0 Å². The highest BCUT2D eigenvalue weighted by atomic mass is 16.3. The molecule has 0 amide bonds. The van der Waals surface area contributed by atoms with Crippen molar-refractivity contribution in [3.05, 3.63) is 37.2 Å². The molecule has 3 heteroatoms. The van der Waals surface area contributed by atoms with Crippen molar-refractivity contribution < 1.29 is 5.11 Å². The summed E-state index contributed by atoms with van der Waals surface area (Å²) in [6.07, 6.45) is 4.33. The molecule has 92 valence electrons. The lowest BCUT2D eigenvalue weighted by atomic mass is 9.89. The second-order valence-corrected chi connectivity index (χ2v) is 4.78. The highest BCUT2D eigenvalue weighted by Gasteiger charge is 2.17. The van der Waals surface area contributed by atoms with Crippen LogP contribution in [-0.4, -0.2) is 11.7 Å². The van der Waals surface area contributed by atoms with E-state index >= 15 is 0 Å². The molecule has 0 aromatic carbocycles. The molecule has 0 aromatic heterocycles. The van der Waals surface area contributed by atoms with E-state index in [0.29, 0.717) is 6.42 Å². The summed E-state index contributed by atoms with van der Waals surface area (Å²) in [6, 6.07) is 0. The molecule has 0 aliphatic heterocycles. The van der Waals surface area contributed by atoms with E-state index in [9.17, 15) is 0 Å². The van der Waals surface area contributed by atoms with Gasteiger partial charge in [0.1, 0.15) is 0 Å². The van der Waals surface area contributed by atoms with Crippen molar-refractivity contribution in [3.8, 4) is 0 Å². The average Bonchev–Trinajstić information content (AvgIpc) is 2.23. The Kier molecular flexibility index (Phi) is 6.58. The number of hydrazine groups is 1. The standard InChI is InChI=1S/C13H24N2O/c1-6-7-8-11(2)14-15-12(3)9-13(4,5)10-16/h6,14-16H,1-3,7-10H2,4-5H3. The lowest BCUT2D eigenvalue weighted by molar-refractivity contribution is 0.157. The molecule has 16 heavy (non-hydrogen) atoms. The summed E-state index contributed by atoms with van der Waals surface area (Å²) in [5.41, 5.74) is 7.59. The minimum atomic E-state index is -0.145. The molecule has 0 saturated carbocycles. The molecule has 3 N–H and O–H groups in total. The van der Waals surface area contributed by atoms with E-state index in [4.69, 9.17) is 5.11 Å². The highest BCUT2D eigenvalue weighted by molar-refractivity contribution is 4.99. The topological polar surface area (TPSA) is 44.3 Å². The van der Waals surface area contributed by atoms with Crippen LogP contribution in [-0.2, 0) is 0 Å². The van der Waals surface area contributed by atoms with Crippen LogP contribution in [0.15, 0.2) is 37.2 Å². The van der Waals surface area contributed by atoms with Gasteiger partial charge in [0.05, 0.1) is 0 Å². The van der Waals surface area contributed by atoms with E-state index in [2.05, 4.69) is 30.6 Å². The van der Waals surface area contributed by atoms with Gasteiger partial charge in [-0.05, 0) is 24.7 Å². The SMILES string of the molecule is C=CCCC(=C)NNC(=C)CC(C)(C)CO. The fraction of sp³-hybridized carbons (Fsp3) is 0.538. The van der Waals surface area contributed by atoms with Crippen LogP contribution in [0, 0.1) is 5.41 Å². The van der Waals surface area contributed by atoms with Crippen LogP contribution in [0.2, 0.25) is 0 Å². The minimum Gasteiger partial charge on any atom is -0.396 e. The van der Waals surface area contributed by atoms with Crippen LogP contribution in [0.25, 0.3) is 0 Å². The molecule has 0 unspecified atom stereocenters. The molecule has 0 atom stereocenters. The molecular weight excluding hydrogens is 200 g/mol. The maximum absolute atomic E-state index is 9.12. The molecular formula is C13H24N2O. The fourth-order valence-electron chi connectivity index (χ4n) is 1.19. The van der Waals surface area contributed by atoms with Crippen LogP contribution in [0.3, 0.4) is 0 Å². The molecule has 0 saturated heterocycles. The first-order valence-corrected chi connectivity index (χ1v) is 5.50. The van der Waals surface area contributed by atoms with Gasteiger partial charge in [-0.2, -0.15) is 0 Å². The van der Waals surface area contributed by atoms with Gasteiger partial charge in [-0.25, -0.2) is 0 Å². The molecule has 0 heterocycles. The van der Waals surface area contributed by atoms with Gasteiger partial charge in [0.15, 0.2) is 0 Å². The first-order valence-electron chi connectivity index (χ1n) is 5.50. The van der Waals surface area contributed by atoms with Gasteiger partial charge in [-0.15, -0.1) is 6.58 Å². The first-order chi connectivity index (χ1) is 7.41. The number of aliphatic hydroxyl groups is 1. The monoisotopic (exact) mass is 224 g/mol. The van der Waals surface area contributed by atoms with Crippen LogP contribution < -0.4 is 10.9 Å². The Morgan fingerprint density at radius 3 is 2.31 bits per heavy atom. The number of allylic oxidation sites excluding steroid dienone is 3. The summed E-state index contributed by atoms with van der Waals surface area (Å²) in [5, 5.41) is 9.12. The number of hydrogen-bond donors (Lipinski definition) is 3. The molecule has 0 aliphatic rings. The molecule has 3 nitrogen and oxygen atoms in total. The summed E-state index contributed by atoms with van der Waals surface area (Å²) >= 11 is 0. The van der Waals surface area contributed by atoms with Crippen molar-refractivity contribution in [1.29, 1.82) is 0 Å². The summed E-state index contributed by atoms with van der Waals surface area (Å²) in [4.78, 5) is 0. The Morgan fingerprint density at radius 1 is 1.25 bits per heavy atom. The van der Waals surface area contributed by atoms with Crippen molar-refractivity contribution in [2.45, 2.75) is 33.1 Å². The Bertz CT molecular complexity index is 257. The van der Waals surface area contributed by atoms with Gasteiger partial charge in [0.2, 0.25) is 0 Å². The first kappa shape index (κ1) is 14.8. The quantitative estimate of drug-likeness (QED) is 0.416. The minimum absolute atomic E-state index is 0.144. The molecule has 0 fully saturated rings. The van der Waals surface area contributed by atoms with Gasteiger partial charge in [0, 0.05) is 18.0 Å². The maximum atomic E-state index is 9.12. The van der Waals surface area contributed by atoms with E-state index in [1.807, 2.05) is 19.9 Å². The number of hydrogen-bond acceptors (Lipinski definition) is 3. The van der Waals surface area contributed by atoms with Gasteiger partial charge in [-0.1, -0.05) is 33.1 Å². The van der Waals surface area contributed by atoms with E-state index in [-0.39, 0.29) is 12.0 Å². The van der Waals surface area contributed by atoms with Gasteiger partial charge in [0.25, 0.3) is 0 Å². The van der Waals surface area contributed by atoms with E-state index in [0.717, 1.165) is 24.2 Å². The normalized spacial score (nSPS) is 10.7. The zero-order chi connectivity index (χ0) is 12.6. The summed E-state index contributed by atoms with van der Waals surface area (Å²) < 4.78 is 0. The van der Waals surface area contributed by atoms with Crippen molar-refractivity contribution in [2.24, 2.45) is 5.41 Å². The zero-order valence-corrected chi connectivity index (χ0v) is 10.5. The average molecular weight is 224 g/mol. The molecule has 0 aromatic rings. The summed E-state index contributed by atoms with van der Waals surface area (Å²) in [5.74, 6) is 0. The largest absolute Gasteiger partial charge is 0.396 e. The predicted molar refractivity (Wildman–Crippen MR) is 69.5 cm³/mol. The molecule has 0 spiro atoms. The molecule has 0 radical (unpaired) electrons. The van der Waals surface area contributed by atoms with Crippen molar-refractivity contribution in [1.82, 2.24) is 10.9 Å². The fourth-order valence-corrected chi connectivity index (χ4v) is 1.19. The second-order valence-electron chi connectivity index (χ2n) is 4.78. The smallest absolute Gasteiger partial charge is 0.0485 e. The van der Waals surface area contributed by atoms with Gasteiger partial charge in [-0.3, -0.25) is 0 Å². The van der Waals surface area contributed by atoms with Crippen molar-refractivity contribution >= 4 is 0 Å². The Hall–Kier alpha value is -1.22. The molecule has 0 bridgehead atoms. The Balaban J connectivity index is 3.81. The van der Waals surface area contributed by atoms with Crippen molar-refractivity contribution in [2.75, 3.05) is 6.61 Å². The van der Waals surface area contributed by atoms with E-state index in [1.165, 1.54) is 0 Å². The van der Waals surface area contributed by atoms with Crippen molar-refractivity contribution in [3.63, 3.8) is 0 Å². The third-order valence-corrected chi connectivity index (χ3v) is 2.19. The number of aliphatic hydroxyl groups excluding tert-OH is 1. The zero-order valence-electron chi connectivity index (χ0n) is 10.5. The number of rotatable bonds is 9. The molecule has 0 rings (SSSR count). The Labute approximate surface area is 98.9 Å². The third-order valence-electron chi connectivity index (χ3n) is 2.19. The molecule has 0 aliphatic carbocycles. The van der Waals surface area contributed by atoms with Crippen LogP contribution in [0.1, 0.15) is 33.1 Å². The van der Waals surface area contributed by atoms with Crippen LogP contribution in [0.5, 0.6) is 0 Å². The van der Waals surface area contributed by atoms with Gasteiger partial charge >= 0.3 is 0 Å². The third kappa shape index (κ3) is 7.12. The number of nitrogens with one attached hydrogen (secondary N) is 2. The summed E-state index contributed by atoms with van der Waals surface area (Å²) in [6.45, 7) is 15.5. The lowest BCUT2D eigenvalue weighted by Crippen LogP contribution is -2.32. The summed E-state index contributed by atoms with van der Waals surface area (Å²) in [7, 11) is 0. The predicted octanol–water partition coefficient (Wildman–Crippen LogP) is 2.48. The van der Waals surface area contributed by atoms with Crippen LogP contribution >= 0.6 is 0 Å². The highest BCUT2D eigenvalue weighted by Crippen LogP contribution is 2.21. The van der Waals surface area contributed by atoms with Gasteiger partial charge < -0.3 is 16.0 Å². The lowest BCUT2D eigenvalue weighted by Gasteiger charge is -2.24.